The Kier molecular flexibility index (Phi) is 10.9. The Morgan fingerprint density at radius 3 is 2.88 bits per heavy atom. The average Bonchev–Trinajstić information content (AvgIpc) is 3.12. The van der Waals surface area contributed by atoms with Gasteiger partial charge in [0.2, 0.25) is 0 Å². The standard InChI is InChI=1S/C17H24N4OS2.HI/c1-18-16(19-9-6-11-23-17-20-10-12-24-17)21(2)13-14-7-4-5-8-15(14)22-3;/h4-5,7-8,10,12H,6,9,11,13H2,1-3H3,(H,18,19);1H. The molecule has 0 radical (unpaired) electrons. The van der Waals surface area contributed by atoms with Crippen LogP contribution in [0.15, 0.2) is 45.2 Å². The molecule has 1 N–H and O–H groups in total. The van der Waals surface area contributed by atoms with Crippen LogP contribution in [0.2, 0.25) is 0 Å². The lowest BCUT2D eigenvalue weighted by atomic mass is 10.2. The van der Waals surface area contributed by atoms with Gasteiger partial charge in [-0.2, -0.15) is 0 Å². The zero-order valence-corrected chi connectivity index (χ0v) is 18.7. The van der Waals surface area contributed by atoms with Gasteiger partial charge in [0.1, 0.15) is 10.1 Å². The van der Waals surface area contributed by atoms with Crippen molar-refractivity contribution in [1.82, 2.24) is 15.2 Å². The van der Waals surface area contributed by atoms with Crippen molar-refractivity contribution in [1.29, 1.82) is 0 Å². The van der Waals surface area contributed by atoms with Crippen LogP contribution in [0.4, 0.5) is 0 Å². The first-order valence-corrected chi connectivity index (χ1v) is 9.67. The maximum Gasteiger partial charge on any atom is 0.193 e. The van der Waals surface area contributed by atoms with Crippen molar-refractivity contribution < 1.29 is 4.74 Å². The molecule has 0 aliphatic rings. The molecule has 0 amide bonds. The second-order valence-corrected chi connectivity index (χ2v) is 7.38. The summed E-state index contributed by atoms with van der Waals surface area (Å²) in [5.74, 6) is 2.84. The van der Waals surface area contributed by atoms with E-state index in [2.05, 4.69) is 26.3 Å². The van der Waals surface area contributed by atoms with E-state index in [0.717, 1.165) is 46.9 Å². The van der Waals surface area contributed by atoms with Gasteiger partial charge in [0, 0.05) is 50.1 Å². The predicted molar refractivity (Wildman–Crippen MR) is 119 cm³/mol. The minimum absolute atomic E-state index is 0. The second-order valence-electron chi connectivity index (χ2n) is 5.14. The summed E-state index contributed by atoms with van der Waals surface area (Å²) in [6.07, 6.45) is 2.91. The van der Waals surface area contributed by atoms with E-state index < -0.39 is 0 Å². The van der Waals surface area contributed by atoms with Gasteiger partial charge in [-0.1, -0.05) is 30.0 Å². The van der Waals surface area contributed by atoms with Crippen molar-refractivity contribution in [2.24, 2.45) is 4.99 Å². The normalized spacial score (nSPS) is 10.9. The third kappa shape index (κ3) is 7.41. The van der Waals surface area contributed by atoms with Crippen molar-refractivity contribution in [2.45, 2.75) is 17.3 Å². The Morgan fingerprint density at radius 2 is 2.20 bits per heavy atom. The van der Waals surface area contributed by atoms with Crippen LogP contribution in [-0.4, -0.2) is 49.3 Å². The van der Waals surface area contributed by atoms with Gasteiger partial charge in [-0.25, -0.2) is 4.98 Å². The average molecular weight is 492 g/mol. The lowest BCUT2D eigenvalue weighted by Crippen LogP contribution is -2.39. The summed E-state index contributed by atoms with van der Waals surface area (Å²) in [6, 6.07) is 8.07. The first-order valence-electron chi connectivity index (χ1n) is 7.80. The predicted octanol–water partition coefficient (Wildman–Crippen LogP) is 3.96. The number of aromatic nitrogens is 1. The molecule has 25 heavy (non-hydrogen) atoms. The fourth-order valence-electron chi connectivity index (χ4n) is 2.26. The van der Waals surface area contributed by atoms with Gasteiger partial charge in [-0.05, 0) is 12.5 Å². The van der Waals surface area contributed by atoms with Crippen molar-refractivity contribution in [3.05, 3.63) is 41.4 Å². The van der Waals surface area contributed by atoms with Crippen molar-refractivity contribution in [2.75, 3.05) is 33.5 Å². The number of thiazole rings is 1. The van der Waals surface area contributed by atoms with Gasteiger partial charge in [-0.15, -0.1) is 35.3 Å². The van der Waals surface area contributed by atoms with Gasteiger partial charge in [0.05, 0.1) is 7.11 Å². The highest BCUT2D eigenvalue weighted by Crippen LogP contribution is 2.20. The molecule has 0 fully saturated rings. The molecule has 0 unspecified atom stereocenters. The molecule has 1 aromatic carbocycles. The third-order valence-electron chi connectivity index (χ3n) is 3.41. The highest BCUT2D eigenvalue weighted by molar-refractivity contribution is 14.0. The Labute approximate surface area is 175 Å². The fraction of sp³-hybridized carbons (Fsp3) is 0.412. The van der Waals surface area contributed by atoms with E-state index in [1.807, 2.05) is 43.9 Å². The van der Waals surface area contributed by atoms with Crippen LogP contribution in [0, 0.1) is 0 Å². The van der Waals surface area contributed by atoms with E-state index in [4.69, 9.17) is 4.74 Å². The summed E-state index contributed by atoms with van der Waals surface area (Å²) in [4.78, 5) is 10.7. The number of ether oxygens (including phenoxy) is 1. The summed E-state index contributed by atoms with van der Waals surface area (Å²) in [5.41, 5.74) is 1.14. The molecule has 1 heterocycles. The van der Waals surface area contributed by atoms with Crippen LogP contribution in [-0.2, 0) is 6.54 Å². The van der Waals surface area contributed by atoms with E-state index in [1.165, 1.54) is 0 Å². The van der Waals surface area contributed by atoms with Crippen molar-refractivity contribution in [3.8, 4) is 5.75 Å². The first-order chi connectivity index (χ1) is 11.7. The number of para-hydroxylation sites is 1. The maximum absolute atomic E-state index is 5.41. The minimum atomic E-state index is 0. The molecule has 0 atom stereocenters. The van der Waals surface area contributed by atoms with Gasteiger partial charge >= 0.3 is 0 Å². The van der Waals surface area contributed by atoms with Crippen molar-refractivity contribution >= 4 is 53.0 Å². The molecule has 8 heteroatoms. The second kappa shape index (κ2) is 12.4. The first kappa shape index (κ1) is 22.0. The lowest BCUT2D eigenvalue weighted by Gasteiger charge is -2.23. The molecule has 0 saturated heterocycles. The molecular formula is C17H25IN4OS2. The topological polar surface area (TPSA) is 49.8 Å². The van der Waals surface area contributed by atoms with Crippen LogP contribution in [0.3, 0.4) is 0 Å². The van der Waals surface area contributed by atoms with E-state index >= 15 is 0 Å². The Morgan fingerprint density at radius 1 is 1.40 bits per heavy atom. The van der Waals surface area contributed by atoms with Gasteiger partial charge in [-0.3, -0.25) is 4.99 Å². The minimum Gasteiger partial charge on any atom is -0.496 e. The number of hydrogen-bond acceptors (Lipinski definition) is 5. The van der Waals surface area contributed by atoms with Crippen LogP contribution in [0.1, 0.15) is 12.0 Å². The largest absolute Gasteiger partial charge is 0.496 e. The smallest absolute Gasteiger partial charge is 0.193 e. The molecule has 138 valence electrons. The van der Waals surface area contributed by atoms with Crippen molar-refractivity contribution in [3.63, 3.8) is 0 Å². The summed E-state index contributed by atoms with van der Waals surface area (Å²) >= 11 is 3.49. The van der Waals surface area contributed by atoms with Gasteiger partial charge in [0.25, 0.3) is 0 Å². The highest BCUT2D eigenvalue weighted by Gasteiger charge is 2.09. The summed E-state index contributed by atoms with van der Waals surface area (Å²) in [6.45, 7) is 1.64. The number of hydrogen-bond donors (Lipinski definition) is 1. The Hall–Kier alpha value is -1.000. The highest BCUT2D eigenvalue weighted by atomic mass is 127. The molecular weight excluding hydrogens is 467 g/mol. The van der Waals surface area contributed by atoms with E-state index in [0.29, 0.717) is 0 Å². The van der Waals surface area contributed by atoms with Gasteiger partial charge < -0.3 is 15.0 Å². The SMILES string of the molecule is CN=C(NCCCSc1nccs1)N(C)Cc1ccccc1OC.I. The lowest BCUT2D eigenvalue weighted by molar-refractivity contribution is 0.396. The molecule has 0 saturated carbocycles. The van der Waals surface area contributed by atoms with E-state index in [-0.39, 0.29) is 24.0 Å². The number of nitrogens with one attached hydrogen (secondary N) is 1. The zero-order valence-electron chi connectivity index (χ0n) is 14.8. The van der Waals surface area contributed by atoms with E-state index in [9.17, 15) is 0 Å². The summed E-state index contributed by atoms with van der Waals surface area (Å²) in [7, 11) is 5.55. The molecule has 2 rings (SSSR count). The monoisotopic (exact) mass is 492 g/mol. The number of aliphatic imine (C=N–C) groups is 1. The maximum atomic E-state index is 5.41. The Bertz CT molecular complexity index is 637. The molecule has 0 bridgehead atoms. The number of benzene rings is 1. The van der Waals surface area contributed by atoms with Gasteiger partial charge in [0.15, 0.2) is 5.96 Å². The molecule has 5 nitrogen and oxygen atoms in total. The molecule has 2 aromatic rings. The third-order valence-corrected chi connectivity index (χ3v) is 5.47. The summed E-state index contributed by atoms with van der Waals surface area (Å²) in [5, 5.41) is 5.42. The molecule has 0 aliphatic heterocycles. The summed E-state index contributed by atoms with van der Waals surface area (Å²) < 4.78 is 6.55. The quantitative estimate of drug-likeness (QED) is 0.199. The number of guanidine groups is 1. The molecule has 0 aliphatic carbocycles. The van der Waals surface area contributed by atoms with Crippen LogP contribution < -0.4 is 10.1 Å². The van der Waals surface area contributed by atoms with Crippen LogP contribution >= 0.6 is 47.1 Å². The number of thioether (sulfide) groups is 1. The molecule has 0 spiro atoms. The van der Waals surface area contributed by atoms with E-state index in [1.54, 1.807) is 30.2 Å². The van der Waals surface area contributed by atoms with Crippen LogP contribution in [0.25, 0.3) is 0 Å². The number of rotatable bonds is 8. The number of methoxy groups -OCH3 is 1. The number of halogens is 1. The fourth-order valence-corrected chi connectivity index (χ4v) is 3.91. The number of nitrogens with zero attached hydrogens (tertiary/aromatic N) is 3. The van der Waals surface area contributed by atoms with Crippen LogP contribution in [0.5, 0.6) is 5.75 Å². The Balaban J connectivity index is 0.00000312. The molecule has 1 aromatic heterocycles. The zero-order chi connectivity index (χ0) is 17.2.